The first-order valence-corrected chi connectivity index (χ1v) is 9.14. The first-order valence-electron chi connectivity index (χ1n) is 7.79. The molecule has 7 heteroatoms. The van der Waals surface area contributed by atoms with E-state index in [-0.39, 0.29) is 0 Å². The number of rotatable bonds is 7. The second kappa shape index (κ2) is 7.74. The van der Waals surface area contributed by atoms with Crippen molar-refractivity contribution in [2.24, 2.45) is 0 Å². The van der Waals surface area contributed by atoms with Crippen LogP contribution in [0.4, 0.5) is 0 Å². The quantitative estimate of drug-likeness (QED) is 0.656. The minimum absolute atomic E-state index is 0.392. The monoisotopic (exact) mass is 362 g/mol. The van der Waals surface area contributed by atoms with Crippen molar-refractivity contribution in [3.8, 4) is 17.2 Å². The first kappa shape index (κ1) is 16.9. The van der Waals surface area contributed by atoms with Gasteiger partial charge in [-0.15, -0.1) is 5.10 Å². The molecule has 1 unspecified atom stereocenters. The summed E-state index contributed by atoms with van der Waals surface area (Å²) in [6, 6.07) is 9.81. The van der Waals surface area contributed by atoms with Crippen LogP contribution in [0.2, 0.25) is 0 Å². The Bertz CT molecular complexity index is 822. The largest absolute Gasteiger partial charge is 0.494 e. The predicted octanol–water partition coefficient (Wildman–Crippen LogP) is 3.01. The van der Waals surface area contributed by atoms with Gasteiger partial charge in [-0.3, -0.25) is 0 Å². The Balaban J connectivity index is 1.71. The molecular formula is C17H20N3O2S2+. The molecule has 5 nitrogen and oxygen atoms in total. The van der Waals surface area contributed by atoms with Gasteiger partial charge in [-0.2, -0.15) is 16.0 Å². The SMILES string of the molecule is CCOc1ccc(-c2nn(C[NH+](C)Cc3ccsc3)c(=S)o2)cc1. The number of hydrogen-bond acceptors (Lipinski definition) is 5. The van der Waals surface area contributed by atoms with Crippen LogP contribution in [0.25, 0.3) is 11.5 Å². The van der Waals surface area contributed by atoms with Crippen molar-refractivity contribution in [3.05, 3.63) is 51.5 Å². The summed E-state index contributed by atoms with van der Waals surface area (Å²) in [6.07, 6.45) is 0. The normalized spacial score (nSPS) is 12.2. The van der Waals surface area contributed by atoms with Crippen molar-refractivity contribution in [1.29, 1.82) is 0 Å². The molecule has 0 radical (unpaired) electrons. The van der Waals surface area contributed by atoms with Gasteiger partial charge >= 0.3 is 0 Å². The molecule has 2 aromatic heterocycles. The zero-order valence-electron chi connectivity index (χ0n) is 13.7. The zero-order valence-corrected chi connectivity index (χ0v) is 15.3. The number of aromatic nitrogens is 2. The molecule has 126 valence electrons. The highest BCUT2D eigenvalue weighted by Gasteiger charge is 2.12. The fourth-order valence-corrected chi connectivity index (χ4v) is 3.29. The van der Waals surface area contributed by atoms with Gasteiger partial charge in [0.05, 0.1) is 13.7 Å². The van der Waals surface area contributed by atoms with E-state index < -0.39 is 0 Å². The number of hydrogen-bond donors (Lipinski definition) is 1. The average Bonchev–Trinajstić information content (AvgIpc) is 3.19. The topological polar surface area (TPSA) is 44.6 Å². The minimum Gasteiger partial charge on any atom is -0.494 e. The van der Waals surface area contributed by atoms with Crippen LogP contribution in [0.5, 0.6) is 5.75 Å². The van der Waals surface area contributed by atoms with Crippen LogP contribution in [0.3, 0.4) is 0 Å². The number of quaternary nitrogens is 1. The molecular weight excluding hydrogens is 342 g/mol. The Morgan fingerprint density at radius 1 is 1.29 bits per heavy atom. The molecule has 1 atom stereocenters. The number of thiophene rings is 1. The fourth-order valence-electron chi connectivity index (χ4n) is 2.44. The number of nitrogens with one attached hydrogen (secondary N) is 1. The molecule has 2 heterocycles. The van der Waals surface area contributed by atoms with Crippen LogP contribution in [-0.2, 0) is 13.2 Å². The molecule has 1 N–H and O–H groups in total. The second-order valence-electron chi connectivity index (χ2n) is 5.55. The third-order valence-corrected chi connectivity index (χ3v) is 4.55. The Morgan fingerprint density at radius 3 is 2.75 bits per heavy atom. The number of nitrogens with zero attached hydrogens (tertiary/aromatic N) is 2. The highest BCUT2D eigenvalue weighted by atomic mass is 32.1. The first-order chi connectivity index (χ1) is 11.7. The summed E-state index contributed by atoms with van der Waals surface area (Å²) < 4.78 is 12.8. The van der Waals surface area contributed by atoms with E-state index >= 15 is 0 Å². The van der Waals surface area contributed by atoms with E-state index in [1.165, 1.54) is 10.5 Å². The van der Waals surface area contributed by atoms with Gasteiger partial charge in [0.1, 0.15) is 12.3 Å². The Labute approximate surface area is 150 Å². The molecule has 0 aliphatic carbocycles. The van der Waals surface area contributed by atoms with Crippen LogP contribution < -0.4 is 9.64 Å². The van der Waals surface area contributed by atoms with Crippen molar-refractivity contribution in [3.63, 3.8) is 0 Å². The molecule has 0 saturated carbocycles. The minimum atomic E-state index is 0.392. The Morgan fingerprint density at radius 2 is 2.08 bits per heavy atom. The third kappa shape index (κ3) is 4.11. The van der Waals surface area contributed by atoms with Crippen LogP contribution >= 0.6 is 23.6 Å². The van der Waals surface area contributed by atoms with Crippen LogP contribution in [0, 0.1) is 4.84 Å². The summed E-state index contributed by atoms with van der Waals surface area (Å²) in [5.41, 5.74) is 2.21. The molecule has 0 bridgehead atoms. The van der Waals surface area contributed by atoms with E-state index in [0.29, 0.717) is 24.0 Å². The van der Waals surface area contributed by atoms with E-state index in [2.05, 4.69) is 29.0 Å². The lowest BCUT2D eigenvalue weighted by atomic mass is 10.2. The molecule has 0 saturated heterocycles. The summed E-state index contributed by atoms with van der Waals surface area (Å²) in [7, 11) is 2.12. The zero-order chi connectivity index (χ0) is 16.9. The maximum absolute atomic E-state index is 5.65. The maximum Gasteiger partial charge on any atom is 0.292 e. The molecule has 0 fully saturated rings. The molecule has 1 aromatic carbocycles. The molecule has 3 rings (SSSR count). The molecule has 0 amide bonds. The highest BCUT2D eigenvalue weighted by Crippen LogP contribution is 2.21. The predicted molar refractivity (Wildman–Crippen MR) is 96.8 cm³/mol. The van der Waals surface area contributed by atoms with Crippen LogP contribution in [0.15, 0.2) is 45.5 Å². The number of ether oxygens (including phenoxy) is 1. The molecule has 0 aliphatic heterocycles. The molecule has 3 aromatic rings. The molecule has 0 aliphatic rings. The standard InChI is InChI=1S/C17H19N3O2S2/c1-3-21-15-6-4-14(5-7-15)16-18-20(17(23)22-16)12-19(2)10-13-8-9-24-11-13/h4-9,11H,3,10,12H2,1-2H3/p+1. The van der Waals surface area contributed by atoms with Crippen LogP contribution in [-0.4, -0.2) is 23.4 Å². The lowest BCUT2D eigenvalue weighted by molar-refractivity contribution is -0.917. The van der Waals surface area contributed by atoms with Crippen molar-refractivity contribution in [1.82, 2.24) is 9.78 Å². The van der Waals surface area contributed by atoms with Gasteiger partial charge in [0.25, 0.3) is 4.84 Å². The third-order valence-electron chi connectivity index (χ3n) is 3.52. The van der Waals surface area contributed by atoms with E-state index in [1.807, 2.05) is 31.2 Å². The Kier molecular flexibility index (Phi) is 5.44. The average molecular weight is 363 g/mol. The summed E-state index contributed by atoms with van der Waals surface area (Å²) >= 11 is 7.02. The smallest absolute Gasteiger partial charge is 0.292 e. The van der Waals surface area contributed by atoms with Gasteiger partial charge in [0.2, 0.25) is 5.89 Å². The van der Waals surface area contributed by atoms with Crippen molar-refractivity contribution < 1.29 is 14.1 Å². The summed E-state index contributed by atoms with van der Waals surface area (Å²) in [5, 5.41) is 8.77. The maximum atomic E-state index is 5.65. The van der Waals surface area contributed by atoms with Gasteiger partial charge in [0, 0.05) is 11.1 Å². The van der Waals surface area contributed by atoms with Gasteiger partial charge in [-0.05, 0) is 60.2 Å². The highest BCUT2D eigenvalue weighted by molar-refractivity contribution is 7.71. The molecule has 0 spiro atoms. The molecule has 24 heavy (non-hydrogen) atoms. The van der Waals surface area contributed by atoms with Crippen molar-refractivity contribution >= 4 is 23.6 Å². The van der Waals surface area contributed by atoms with Crippen molar-refractivity contribution in [2.75, 3.05) is 13.7 Å². The fraction of sp³-hybridized carbons (Fsp3) is 0.294. The lowest BCUT2D eigenvalue weighted by Crippen LogP contribution is -3.06. The van der Waals surface area contributed by atoms with E-state index in [1.54, 1.807) is 16.0 Å². The Hall–Kier alpha value is -1.96. The van der Waals surface area contributed by atoms with Gasteiger partial charge in [0.15, 0.2) is 6.67 Å². The second-order valence-corrected chi connectivity index (χ2v) is 6.68. The van der Waals surface area contributed by atoms with Crippen LogP contribution in [0.1, 0.15) is 12.5 Å². The summed E-state index contributed by atoms with van der Waals surface area (Å²) in [6.45, 7) is 4.20. The van der Waals surface area contributed by atoms with Gasteiger partial charge < -0.3 is 14.1 Å². The van der Waals surface area contributed by atoms with Crippen molar-refractivity contribution in [2.45, 2.75) is 20.1 Å². The summed E-state index contributed by atoms with van der Waals surface area (Å²) in [4.78, 5) is 1.68. The summed E-state index contributed by atoms with van der Waals surface area (Å²) in [5.74, 6) is 1.37. The van der Waals surface area contributed by atoms with E-state index in [0.717, 1.165) is 17.9 Å². The van der Waals surface area contributed by atoms with E-state index in [4.69, 9.17) is 21.4 Å². The number of benzene rings is 1. The van der Waals surface area contributed by atoms with E-state index in [9.17, 15) is 0 Å². The lowest BCUT2D eigenvalue weighted by Gasteiger charge is -2.11. The van der Waals surface area contributed by atoms with Gasteiger partial charge in [-0.25, -0.2) is 0 Å². The van der Waals surface area contributed by atoms with Gasteiger partial charge in [-0.1, -0.05) is 0 Å².